The number of nitrogens with zero attached hydrogens (tertiary/aromatic N) is 2. The van der Waals surface area contributed by atoms with Crippen LogP contribution in [0, 0.1) is 11.8 Å². The van der Waals surface area contributed by atoms with E-state index in [9.17, 15) is 23.2 Å². The van der Waals surface area contributed by atoms with Crippen LogP contribution in [-0.4, -0.2) is 52.1 Å². The van der Waals surface area contributed by atoms with Gasteiger partial charge in [0, 0.05) is 37.9 Å². The first-order chi connectivity index (χ1) is 15.0. The first-order valence-corrected chi connectivity index (χ1v) is 11.4. The molecule has 2 saturated heterocycles. The average Bonchev–Trinajstić information content (AvgIpc) is 3.36. The first kappa shape index (κ1) is 22.7. The van der Waals surface area contributed by atoms with Gasteiger partial charge in [-0.05, 0) is 42.4 Å². The first-order valence-electron chi connectivity index (χ1n) is 11.4. The summed E-state index contributed by atoms with van der Waals surface area (Å²) in [6, 6.07) is 4.75. The van der Waals surface area contributed by atoms with Crippen LogP contribution >= 0.6 is 0 Å². The molecular weight excluding hydrogens is 416 g/mol. The number of benzene rings is 1. The van der Waals surface area contributed by atoms with E-state index in [2.05, 4.69) is 25.2 Å². The van der Waals surface area contributed by atoms with Crippen LogP contribution in [0.5, 0.6) is 0 Å². The van der Waals surface area contributed by atoms with Gasteiger partial charge in [0.15, 0.2) is 0 Å². The molecule has 1 aromatic carbocycles. The molecule has 3 heterocycles. The number of nitrogens with one attached hydrogen (secondary N) is 1. The molecule has 3 atom stereocenters. The van der Waals surface area contributed by atoms with Crippen molar-refractivity contribution in [3.8, 4) is 0 Å². The number of rotatable bonds is 5. The number of carbonyl (C=O) groups is 3. The SMILES string of the molecule is CC(C)Cc1cccc2c1CN(C(=O)C[C@@H]1C[C@@H](C(=O)N3CC(F)(F)C[C@H]3C)NC1=O)C2. The van der Waals surface area contributed by atoms with E-state index in [0.29, 0.717) is 19.0 Å². The molecule has 0 saturated carbocycles. The highest BCUT2D eigenvalue weighted by Crippen LogP contribution is 2.34. The number of hydrogen-bond donors (Lipinski definition) is 1. The number of hydrogen-bond acceptors (Lipinski definition) is 3. The van der Waals surface area contributed by atoms with Gasteiger partial charge in [0.05, 0.1) is 6.54 Å². The molecular formula is C24H31F2N3O3. The fourth-order valence-electron chi connectivity index (χ4n) is 5.22. The Hall–Kier alpha value is -2.51. The lowest BCUT2D eigenvalue weighted by Gasteiger charge is -2.24. The second kappa shape index (κ2) is 8.45. The van der Waals surface area contributed by atoms with Gasteiger partial charge >= 0.3 is 0 Å². The molecule has 174 valence electrons. The summed E-state index contributed by atoms with van der Waals surface area (Å²) >= 11 is 0. The minimum absolute atomic E-state index is 0.0226. The molecule has 0 aliphatic carbocycles. The molecule has 2 fully saturated rings. The minimum atomic E-state index is -2.90. The zero-order chi connectivity index (χ0) is 23.2. The Morgan fingerprint density at radius 1 is 1.25 bits per heavy atom. The smallest absolute Gasteiger partial charge is 0.267 e. The number of amides is 3. The largest absolute Gasteiger partial charge is 0.344 e. The van der Waals surface area contributed by atoms with Crippen molar-refractivity contribution in [3.05, 3.63) is 34.9 Å². The molecule has 6 nitrogen and oxygen atoms in total. The molecule has 3 aliphatic rings. The molecule has 0 bridgehead atoms. The quantitative estimate of drug-likeness (QED) is 0.755. The van der Waals surface area contributed by atoms with Gasteiger partial charge in [-0.15, -0.1) is 0 Å². The molecule has 8 heteroatoms. The van der Waals surface area contributed by atoms with E-state index in [0.717, 1.165) is 16.9 Å². The van der Waals surface area contributed by atoms with Gasteiger partial charge in [-0.2, -0.15) is 0 Å². The summed E-state index contributed by atoms with van der Waals surface area (Å²) in [5.41, 5.74) is 3.60. The van der Waals surface area contributed by atoms with Gasteiger partial charge in [-0.1, -0.05) is 32.0 Å². The third-order valence-corrected chi connectivity index (χ3v) is 6.80. The van der Waals surface area contributed by atoms with Crippen molar-refractivity contribution in [2.24, 2.45) is 11.8 Å². The van der Waals surface area contributed by atoms with Crippen LogP contribution in [0.2, 0.25) is 0 Å². The maximum Gasteiger partial charge on any atom is 0.267 e. The fraction of sp³-hybridized carbons (Fsp3) is 0.625. The summed E-state index contributed by atoms with van der Waals surface area (Å²) in [4.78, 5) is 41.1. The second-order valence-electron chi connectivity index (χ2n) is 9.98. The molecule has 0 radical (unpaired) electrons. The van der Waals surface area contributed by atoms with E-state index < -0.39 is 36.4 Å². The maximum atomic E-state index is 13.7. The van der Waals surface area contributed by atoms with Gasteiger partial charge in [0.2, 0.25) is 17.7 Å². The van der Waals surface area contributed by atoms with Crippen molar-refractivity contribution in [1.82, 2.24) is 15.1 Å². The maximum absolute atomic E-state index is 13.7. The van der Waals surface area contributed by atoms with Crippen molar-refractivity contribution in [2.75, 3.05) is 6.54 Å². The molecule has 4 rings (SSSR count). The lowest BCUT2D eigenvalue weighted by atomic mass is 9.96. The highest BCUT2D eigenvalue weighted by molar-refractivity contribution is 5.94. The van der Waals surface area contributed by atoms with Crippen molar-refractivity contribution in [1.29, 1.82) is 0 Å². The highest BCUT2D eigenvalue weighted by atomic mass is 19.3. The Balaban J connectivity index is 1.36. The summed E-state index contributed by atoms with van der Waals surface area (Å²) in [6.45, 7) is 6.36. The van der Waals surface area contributed by atoms with Crippen molar-refractivity contribution >= 4 is 17.7 Å². The van der Waals surface area contributed by atoms with E-state index in [1.807, 2.05) is 12.1 Å². The van der Waals surface area contributed by atoms with Crippen LogP contribution in [-0.2, 0) is 33.9 Å². The zero-order valence-corrected chi connectivity index (χ0v) is 18.9. The van der Waals surface area contributed by atoms with Crippen LogP contribution < -0.4 is 5.32 Å². The van der Waals surface area contributed by atoms with Crippen molar-refractivity contribution < 1.29 is 23.2 Å². The monoisotopic (exact) mass is 447 g/mol. The second-order valence-corrected chi connectivity index (χ2v) is 9.98. The Morgan fingerprint density at radius 3 is 2.66 bits per heavy atom. The minimum Gasteiger partial charge on any atom is -0.344 e. The molecule has 0 aromatic heterocycles. The standard InChI is InChI=1S/C24H31F2N3O3/c1-14(2)7-16-5-4-6-17-11-28(12-19(16)17)21(30)9-18-8-20(27-22(18)31)23(32)29-13-24(25,26)10-15(29)3/h4-6,14-15,18,20H,7-13H2,1-3H3,(H,27,31)/t15-,18+,20+/m1/s1. The van der Waals surface area contributed by atoms with Gasteiger partial charge in [0.25, 0.3) is 5.92 Å². The number of carbonyl (C=O) groups excluding carboxylic acids is 3. The fourth-order valence-corrected chi connectivity index (χ4v) is 5.22. The Bertz CT molecular complexity index is 933. The van der Waals surface area contributed by atoms with Crippen LogP contribution in [0.3, 0.4) is 0 Å². The molecule has 0 unspecified atom stereocenters. The summed E-state index contributed by atoms with van der Waals surface area (Å²) < 4.78 is 27.3. The Kier molecular flexibility index (Phi) is 5.98. The lowest BCUT2D eigenvalue weighted by Crippen LogP contribution is -2.46. The molecule has 1 aromatic rings. The van der Waals surface area contributed by atoms with E-state index in [-0.39, 0.29) is 31.1 Å². The van der Waals surface area contributed by atoms with E-state index in [1.54, 1.807) is 11.8 Å². The number of fused-ring (bicyclic) bond motifs is 1. The zero-order valence-electron chi connectivity index (χ0n) is 18.9. The predicted octanol–water partition coefficient (Wildman–Crippen LogP) is 2.88. The normalized spacial score (nSPS) is 26.6. The summed E-state index contributed by atoms with van der Waals surface area (Å²) in [6.07, 6.45) is 0.774. The van der Waals surface area contributed by atoms with Crippen molar-refractivity contribution in [3.63, 3.8) is 0 Å². The third-order valence-electron chi connectivity index (χ3n) is 6.80. The van der Waals surface area contributed by atoms with Crippen molar-refractivity contribution in [2.45, 2.75) is 77.6 Å². The van der Waals surface area contributed by atoms with Crippen LogP contribution in [0.25, 0.3) is 0 Å². The van der Waals surface area contributed by atoms with Crippen LogP contribution in [0.15, 0.2) is 18.2 Å². The molecule has 3 amide bonds. The van der Waals surface area contributed by atoms with E-state index in [1.165, 1.54) is 11.1 Å². The number of alkyl halides is 2. The number of halogens is 2. The van der Waals surface area contributed by atoms with Gasteiger partial charge in [0.1, 0.15) is 6.04 Å². The van der Waals surface area contributed by atoms with Crippen LogP contribution in [0.1, 0.15) is 56.7 Å². The molecule has 32 heavy (non-hydrogen) atoms. The van der Waals surface area contributed by atoms with Crippen LogP contribution in [0.4, 0.5) is 8.78 Å². The molecule has 1 N–H and O–H groups in total. The number of likely N-dealkylation sites (tertiary alicyclic amines) is 1. The average molecular weight is 448 g/mol. The lowest BCUT2D eigenvalue weighted by molar-refractivity contribution is -0.136. The summed E-state index contributed by atoms with van der Waals surface area (Å²) in [5.74, 6) is -3.95. The predicted molar refractivity (Wildman–Crippen MR) is 115 cm³/mol. The summed E-state index contributed by atoms with van der Waals surface area (Å²) in [5, 5.41) is 2.63. The molecule has 0 spiro atoms. The van der Waals surface area contributed by atoms with Gasteiger partial charge in [-0.3, -0.25) is 14.4 Å². The Labute approximate surface area is 187 Å². The van der Waals surface area contributed by atoms with E-state index >= 15 is 0 Å². The molecule has 3 aliphatic heterocycles. The van der Waals surface area contributed by atoms with Gasteiger partial charge in [-0.25, -0.2) is 8.78 Å². The highest BCUT2D eigenvalue weighted by Gasteiger charge is 2.48. The van der Waals surface area contributed by atoms with Gasteiger partial charge < -0.3 is 15.1 Å². The Morgan fingerprint density at radius 2 is 2.00 bits per heavy atom. The topological polar surface area (TPSA) is 69.7 Å². The summed E-state index contributed by atoms with van der Waals surface area (Å²) in [7, 11) is 0. The van der Waals surface area contributed by atoms with E-state index in [4.69, 9.17) is 0 Å². The third kappa shape index (κ3) is 4.50.